The molecule has 1 aromatic heterocycles. The van der Waals surface area contributed by atoms with Crippen molar-refractivity contribution in [2.45, 2.75) is 13.0 Å². The van der Waals surface area contributed by atoms with Crippen molar-refractivity contribution >= 4 is 6.03 Å². The molecule has 0 radical (unpaired) electrons. The summed E-state index contributed by atoms with van der Waals surface area (Å²) in [7, 11) is 1.67. The number of pyridine rings is 1. The molecule has 1 aliphatic rings. The highest BCUT2D eigenvalue weighted by molar-refractivity contribution is 5.74. The molecule has 0 aliphatic carbocycles. The van der Waals surface area contributed by atoms with Crippen molar-refractivity contribution in [3.05, 3.63) is 30.1 Å². The number of amides is 2. The summed E-state index contributed by atoms with van der Waals surface area (Å²) < 4.78 is 4.96. The van der Waals surface area contributed by atoms with Crippen molar-refractivity contribution in [3.63, 3.8) is 0 Å². The van der Waals surface area contributed by atoms with Crippen LogP contribution in [0.5, 0.6) is 0 Å². The van der Waals surface area contributed by atoms with Gasteiger partial charge in [0.15, 0.2) is 0 Å². The van der Waals surface area contributed by atoms with Gasteiger partial charge in [-0.15, -0.1) is 0 Å². The van der Waals surface area contributed by atoms with Crippen molar-refractivity contribution < 1.29 is 9.53 Å². The smallest absolute Gasteiger partial charge is 0.317 e. The van der Waals surface area contributed by atoms with E-state index in [4.69, 9.17) is 4.74 Å². The first kappa shape index (κ1) is 15.7. The van der Waals surface area contributed by atoms with E-state index in [2.05, 4.69) is 15.2 Å². The first-order chi connectivity index (χ1) is 10.3. The number of nitrogens with zero attached hydrogens (tertiary/aromatic N) is 3. The first-order valence-electron chi connectivity index (χ1n) is 7.43. The van der Waals surface area contributed by atoms with Gasteiger partial charge in [-0.25, -0.2) is 4.79 Å². The molecule has 2 rings (SSSR count). The standard InChI is InChI=1S/C15H24N4O2/c1-21-12-4-7-17-15(20)19-10-8-18(9-11-19)13-14-5-2-3-6-16-14/h2-3,5-6H,4,7-13H2,1H3,(H,17,20). The number of carbonyl (C=O) groups is 1. The van der Waals surface area contributed by atoms with E-state index >= 15 is 0 Å². The Balaban J connectivity index is 1.67. The third kappa shape index (κ3) is 5.32. The van der Waals surface area contributed by atoms with Gasteiger partial charge < -0.3 is 15.0 Å². The Labute approximate surface area is 126 Å². The van der Waals surface area contributed by atoms with Gasteiger partial charge in [-0.3, -0.25) is 9.88 Å². The molecule has 6 nitrogen and oxygen atoms in total. The molecule has 0 saturated carbocycles. The molecule has 116 valence electrons. The summed E-state index contributed by atoms with van der Waals surface area (Å²) in [6, 6.07) is 6.00. The topological polar surface area (TPSA) is 57.7 Å². The van der Waals surface area contributed by atoms with Gasteiger partial charge in [0, 0.05) is 59.2 Å². The Bertz CT molecular complexity index is 419. The zero-order chi connectivity index (χ0) is 14.9. The van der Waals surface area contributed by atoms with Crippen molar-refractivity contribution in [3.8, 4) is 0 Å². The van der Waals surface area contributed by atoms with Crippen molar-refractivity contribution in [1.29, 1.82) is 0 Å². The van der Waals surface area contributed by atoms with Gasteiger partial charge >= 0.3 is 6.03 Å². The average molecular weight is 292 g/mol. The van der Waals surface area contributed by atoms with Crippen molar-refractivity contribution in [2.24, 2.45) is 0 Å². The van der Waals surface area contributed by atoms with E-state index < -0.39 is 0 Å². The first-order valence-corrected chi connectivity index (χ1v) is 7.43. The van der Waals surface area contributed by atoms with Crippen LogP contribution in [0.4, 0.5) is 4.79 Å². The fraction of sp³-hybridized carbons (Fsp3) is 0.600. The van der Waals surface area contributed by atoms with Crippen LogP contribution in [0.25, 0.3) is 0 Å². The maximum Gasteiger partial charge on any atom is 0.317 e. The van der Waals surface area contributed by atoms with E-state index in [1.54, 1.807) is 7.11 Å². The maximum atomic E-state index is 12.0. The summed E-state index contributed by atoms with van der Waals surface area (Å²) in [5.41, 5.74) is 1.08. The van der Waals surface area contributed by atoms with Crippen LogP contribution in [0.2, 0.25) is 0 Å². The van der Waals surface area contributed by atoms with E-state index in [9.17, 15) is 4.79 Å². The van der Waals surface area contributed by atoms with Gasteiger partial charge in [0.25, 0.3) is 0 Å². The molecule has 1 saturated heterocycles. The lowest BCUT2D eigenvalue weighted by Crippen LogP contribution is -2.51. The normalized spacial score (nSPS) is 16.0. The summed E-state index contributed by atoms with van der Waals surface area (Å²) in [4.78, 5) is 20.5. The quantitative estimate of drug-likeness (QED) is 0.793. The summed E-state index contributed by atoms with van der Waals surface area (Å²) in [5.74, 6) is 0. The Morgan fingerprint density at radius 2 is 2.14 bits per heavy atom. The minimum atomic E-state index is 0.0311. The molecule has 1 fully saturated rings. The van der Waals surface area contributed by atoms with Gasteiger partial charge in [0.2, 0.25) is 0 Å². The van der Waals surface area contributed by atoms with Gasteiger partial charge in [-0.2, -0.15) is 0 Å². The number of urea groups is 1. The summed E-state index contributed by atoms with van der Waals surface area (Å²) in [6.45, 7) is 5.51. The number of nitrogens with one attached hydrogen (secondary N) is 1. The molecule has 0 bridgehead atoms. The zero-order valence-corrected chi connectivity index (χ0v) is 12.6. The molecule has 0 unspecified atom stereocenters. The fourth-order valence-corrected chi connectivity index (χ4v) is 2.35. The van der Waals surface area contributed by atoms with Crippen LogP contribution < -0.4 is 5.32 Å². The minimum absolute atomic E-state index is 0.0311. The molecule has 1 N–H and O–H groups in total. The highest BCUT2D eigenvalue weighted by Gasteiger charge is 2.20. The average Bonchev–Trinajstić information content (AvgIpc) is 2.53. The molecular formula is C15H24N4O2. The van der Waals surface area contributed by atoms with Gasteiger partial charge in [-0.1, -0.05) is 6.07 Å². The van der Waals surface area contributed by atoms with Crippen LogP contribution in [0.3, 0.4) is 0 Å². The number of methoxy groups -OCH3 is 1. The Morgan fingerprint density at radius 3 is 2.81 bits per heavy atom. The number of rotatable bonds is 6. The van der Waals surface area contributed by atoms with Crippen molar-refractivity contribution in [1.82, 2.24) is 20.1 Å². The van der Waals surface area contributed by atoms with Crippen LogP contribution in [0.15, 0.2) is 24.4 Å². The monoisotopic (exact) mass is 292 g/mol. The molecule has 0 aromatic carbocycles. The van der Waals surface area contributed by atoms with Crippen molar-refractivity contribution in [2.75, 3.05) is 46.4 Å². The van der Waals surface area contributed by atoms with Crippen LogP contribution >= 0.6 is 0 Å². The lowest BCUT2D eigenvalue weighted by atomic mass is 10.3. The SMILES string of the molecule is COCCCNC(=O)N1CCN(Cc2ccccn2)CC1. The number of ether oxygens (including phenoxy) is 1. The number of hydrogen-bond donors (Lipinski definition) is 1. The largest absolute Gasteiger partial charge is 0.385 e. The van der Waals surface area contributed by atoms with Crippen LogP contribution in [0.1, 0.15) is 12.1 Å². The molecule has 0 spiro atoms. The molecule has 2 amide bonds. The predicted octanol–water partition coefficient (Wildman–Crippen LogP) is 0.945. The molecule has 2 heterocycles. The molecule has 6 heteroatoms. The molecular weight excluding hydrogens is 268 g/mol. The Hall–Kier alpha value is -1.66. The van der Waals surface area contributed by atoms with Crippen LogP contribution in [-0.4, -0.2) is 67.3 Å². The molecule has 21 heavy (non-hydrogen) atoms. The zero-order valence-electron chi connectivity index (χ0n) is 12.6. The second-order valence-corrected chi connectivity index (χ2v) is 5.16. The molecule has 0 atom stereocenters. The minimum Gasteiger partial charge on any atom is -0.385 e. The second kappa shape index (κ2) is 8.59. The van der Waals surface area contributed by atoms with Gasteiger partial charge in [0.05, 0.1) is 5.69 Å². The second-order valence-electron chi connectivity index (χ2n) is 5.16. The summed E-state index contributed by atoms with van der Waals surface area (Å²) in [5, 5.41) is 2.93. The van der Waals surface area contributed by atoms with Gasteiger partial charge in [-0.05, 0) is 18.6 Å². The lowest BCUT2D eigenvalue weighted by molar-refractivity contribution is 0.133. The summed E-state index contributed by atoms with van der Waals surface area (Å²) >= 11 is 0. The van der Waals surface area contributed by atoms with E-state index in [0.717, 1.165) is 44.8 Å². The lowest BCUT2D eigenvalue weighted by Gasteiger charge is -2.34. The molecule has 1 aliphatic heterocycles. The number of aromatic nitrogens is 1. The molecule has 1 aromatic rings. The van der Waals surface area contributed by atoms with Crippen LogP contribution in [0, 0.1) is 0 Å². The fourth-order valence-electron chi connectivity index (χ4n) is 2.35. The third-order valence-corrected chi connectivity index (χ3v) is 3.57. The maximum absolute atomic E-state index is 12.0. The van der Waals surface area contributed by atoms with E-state index in [1.165, 1.54) is 0 Å². The number of piperazine rings is 1. The van der Waals surface area contributed by atoms with Crippen LogP contribution in [-0.2, 0) is 11.3 Å². The number of hydrogen-bond acceptors (Lipinski definition) is 4. The van der Waals surface area contributed by atoms with E-state index in [0.29, 0.717) is 13.2 Å². The number of carbonyl (C=O) groups excluding carboxylic acids is 1. The van der Waals surface area contributed by atoms with E-state index in [-0.39, 0.29) is 6.03 Å². The third-order valence-electron chi connectivity index (χ3n) is 3.57. The Kier molecular flexibility index (Phi) is 6.43. The Morgan fingerprint density at radius 1 is 1.33 bits per heavy atom. The highest BCUT2D eigenvalue weighted by atomic mass is 16.5. The highest BCUT2D eigenvalue weighted by Crippen LogP contribution is 2.06. The van der Waals surface area contributed by atoms with E-state index in [1.807, 2.05) is 29.3 Å². The summed E-state index contributed by atoms with van der Waals surface area (Å²) in [6.07, 6.45) is 2.67. The predicted molar refractivity (Wildman–Crippen MR) is 81.0 cm³/mol. The van der Waals surface area contributed by atoms with Gasteiger partial charge in [0.1, 0.15) is 0 Å².